The van der Waals surface area contributed by atoms with Crippen molar-refractivity contribution < 1.29 is 9.53 Å². The summed E-state index contributed by atoms with van der Waals surface area (Å²) in [4.78, 5) is 21.3. The minimum atomic E-state index is -0.392. The Hall–Kier alpha value is -4.51. The Labute approximate surface area is 186 Å². The number of aromatic nitrogens is 2. The summed E-state index contributed by atoms with van der Waals surface area (Å²) >= 11 is 0. The van der Waals surface area contributed by atoms with Crippen molar-refractivity contribution in [3.8, 4) is 11.9 Å². The van der Waals surface area contributed by atoms with E-state index in [4.69, 9.17) is 10.1 Å². The van der Waals surface area contributed by atoms with E-state index < -0.39 is 5.91 Å². The molecule has 2 aromatic heterocycles. The highest BCUT2D eigenvalue weighted by atomic mass is 16.5. The number of benzene rings is 1. The van der Waals surface area contributed by atoms with Gasteiger partial charge in [0.15, 0.2) is 0 Å². The molecule has 8 nitrogen and oxygen atoms in total. The molecule has 0 saturated carbocycles. The molecule has 0 bridgehead atoms. The Bertz CT molecular complexity index is 1260. The first-order valence-electron chi connectivity index (χ1n) is 9.66. The largest absolute Gasteiger partial charge is 0.481 e. The zero-order chi connectivity index (χ0) is 23.3. The molecule has 0 unspecified atom stereocenters. The van der Waals surface area contributed by atoms with E-state index in [1.54, 1.807) is 44.4 Å². The van der Waals surface area contributed by atoms with Crippen molar-refractivity contribution in [2.24, 2.45) is 0 Å². The van der Waals surface area contributed by atoms with Gasteiger partial charge in [-0.05, 0) is 49.8 Å². The number of anilines is 3. The molecular formula is C24H22N6O2. The lowest BCUT2D eigenvalue weighted by Gasteiger charge is -2.14. The lowest BCUT2D eigenvalue weighted by Crippen LogP contribution is -2.15. The fourth-order valence-corrected chi connectivity index (χ4v) is 3.20. The van der Waals surface area contributed by atoms with Gasteiger partial charge in [-0.1, -0.05) is 6.58 Å². The maximum absolute atomic E-state index is 13.0. The van der Waals surface area contributed by atoms with Crippen molar-refractivity contribution in [2.75, 3.05) is 17.7 Å². The van der Waals surface area contributed by atoms with E-state index in [0.717, 1.165) is 11.4 Å². The molecule has 0 spiro atoms. The number of pyridine rings is 2. The van der Waals surface area contributed by atoms with Gasteiger partial charge >= 0.3 is 0 Å². The van der Waals surface area contributed by atoms with Crippen LogP contribution >= 0.6 is 0 Å². The van der Waals surface area contributed by atoms with Crippen molar-refractivity contribution in [2.45, 2.75) is 13.8 Å². The second kappa shape index (κ2) is 9.53. The average molecular weight is 426 g/mol. The van der Waals surface area contributed by atoms with Crippen LogP contribution in [0.2, 0.25) is 0 Å². The van der Waals surface area contributed by atoms with Gasteiger partial charge in [0.2, 0.25) is 5.88 Å². The summed E-state index contributed by atoms with van der Waals surface area (Å²) < 4.78 is 5.22. The van der Waals surface area contributed by atoms with E-state index in [-0.39, 0.29) is 5.69 Å². The fourth-order valence-electron chi connectivity index (χ4n) is 3.20. The van der Waals surface area contributed by atoms with Gasteiger partial charge in [-0.3, -0.25) is 4.79 Å². The predicted molar refractivity (Wildman–Crippen MR) is 125 cm³/mol. The van der Waals surface area contributed by atoms with Gasteiger partial charge < -0.3 is 20.8 Å². The van der Waals surface area contributed by atoms with E-state index in [1.165, 1.54) is 12.4 Å². The van der Waals surface area contributed by atoms with Crippen LogP contribution in [0, 0.1) is 23.7 Å². The van der Waals surface area contributed by atoms with E-state index in [0.29, 0.717) is 39.5 Å². The van der Waals surface area contributed by atoms with Crippen molar-refractivity contribution in [1.29, 1.82) is 10.7 Å². The molecule has 0 saturated heterocycles. The molecule has 1 amide bonds. The highest BCUT2D eigenvalue weighted by Gasteiger charge is 2.17. The molecule has 3 N–H and O–H groups in total. The van der Waals surface area contributed by atoms with Crippen molar-refractivity contribution in [1.82, 2.24) is 9.97 Å². The maximum atomic E-state index is 13.0. The number of allylic oxidation sites excluding steroid dienone is 1. The summed E-state index contributed by atoms with van der Waals surface area (Å²) in [6.07, 6.45) is 2.64. The van der Waals surface area contributed by atoms with Crippen LogP contribution in [0.4, 0.5) is 17.1 Å². The number of amides is 1. The second-order valence-corrected chi connectivity index (χ2v) is 7.04. The van der Waals surface area contributed by atoms with Crippen molar-refractivity contribution >= 4 is 34.8 Å². The summed E-state index contributed by atoms with van der Waals surface area (Å²) in [7, 11) is 1.54. The van der Waals surface area contributed by atoms with Gasteiger partial charge in [0.05, 0.1) is 12.7 Å². The van der Waals surface area contributed by atoms with Crippen LogP contribution in [0.1, 0.15) is 39.8 Å². The lowest BCUT2D eigenvalue weighted by atomic mass is 10.00. The molecule has 32 heavy (non-hydrogen) atoms. The monoisotopic (exact) mass is 426 g/mol. The summed E-state index contributed by atoms with van der Waals surface area (Å²) in [6, 6.07) is 12.3. The van der Waals surface area contributed by atoms with E-state index >= 15 is 0 Å². The fraction of sp³-hybridized carbons (Fsp3) is 0.125. The topological polar surface area (TPSA) is 124 Å². The Kier molecular flexibility index (Phi) is 6.61. The maximum Gasteiger partial charge on any atom is 0.256 e. The van der Waals surface area contributed by atoms with Crippen molar-refractivity contribution in [3.05, 3.63) is 77.3 Å². The Morgan fingerprint density at radius 2 is 2.03 bits per heavy atom. The van der Waals surface area contributed by atoms with Crippen LogP contribution < -0.4 is 15.4 Å². The van der Waals surface area contributed by atoms with E-state index in [2.05, 4.69) is 27.2 Å². The van der Waals surface area contributed by atoms with Crippen LogP contribution in [0.5, 0.6) is 5.88 Å². The summed E-state index contributed by atoms with van der Waals surface area (Å²) in [6.45, 7) is 7.44. The molecule has 0 radical (unpaired) electrons. The summed E-state index contributed by atoms with van der Waals surface area (Å²) in [5.41, 5.74) is 4.73. The van der Waals surface area contributed by atoms with Gasteiger partial charge in [-0.2, -0.15) is 5.26 Å². The SMILES string of the molecule is C=C(C)c1c(C(=O)Nc2ccc(C=N)c(Nc3cc(C)nc(OC)c3)c2)ccnc1C#N. The smallest absolute Gasteiger partial charge is 0.256 e. The van der Waals surface area contributed by atoms with Crippen molar-refractivity contribution in [3.63, 3.8) is 0 Å². The number of ether oxygens (including phenoxy) is 1. The minimum absolute atomic E-state index is 0.147. The molecule has 0 aliphatic rings. The first-order valence-corrected chi connectivity index (χ1v) is 9.66. The number of rotatable bonds is 7. The molecule has 2 heterocycles. The standard InChI is InChI=1S/C24H22N6O2/c1-14(2)23-19(7-8-27-21(23)13-26)24(31)30-17-6-5-16(12-25)20(10-17)29-18-9-15(3)28-22(11-18)32-4/h5-12,25H,1H2,2-4H3,(H,28,29)(H,30,31). The first kappa shape index (κ1) is 22.2. The highest BCUT2D eigenvalue weighted by Crippen LogP contribution is 2.27. The predicted octanol–water partition coefficient (Wildman–Crippen LogP) is 4.69. The third-order valence-corrected chi connectivity index (χ3v) is 4.61. The van der Waals surface area contributed by atoms with Gasteiger partial charge in [-0.25, -0.2) is 9.97 Å². The third kappa shape index (κ3) is 4.79. The number of nitrogens with zero attached hydrogens (tertiary/aromatic N) is 3. The number of aryl methyl sites for hydroxylation is 1. The lowest BCUT2D eigenvalue weighted by molar-refractivity contribution is 0.102. The zero-order valence-electron chi connectivity index (χ0n) is 18.0. The zero-order valence-corrected chi connectivity index (χ0v) is 18.0. The molecule has 160 valence electrons. The van der Waals surface area contributed by atoms with Crippen LogP contribution in [0.25, 0.3) is 5.57 Å². The van der Waals surface area contributed by atoms with Gasteiger partial charge in [-0.15, -0.1) is 0 Å². The normalized spacial score (nSPS) is 10.1. The van der Waals surface area contributed by atoms with E-state index in [1.807, 2.05) is 19.1 Å². The first-order chi connectivity index (χ1) is 15.4. The van der Waals surface area contributed by atoms with Gasteiger partial charge in [0.1, 0.15) is 11.8 Å². The molecule has 3 aromatic rings. The summed E-state index contributed by atoms with van der Waals surface area (Å²) in [5, 5.41) is 23.1. The highest BCUT2D eigenvalue weighted by molar-refractivity contribution is 6.08. The number of hydrogen-bond donors (Lipinski definition) is 3. The number of carbonyl (C=O) groups excluding carboxylic acids is 1. The Morgan fingerprint density at radius 1 is 1.25 bits per heavy atom. The number of hydrogen-bond acceptors (Lipinski definition) is 7. The molecule has 3 rings (SSSR count). The van der Waals surface area contributed by atoms with Crippen LogP contribution in [-0.4, -0.2) is 29.2 Å². The number of nitriles is 1. The molecule has 0 atom stereocenters. The second-order valence-electron chi connectivity index (χ2n) is 7.04. The molecular weight excluding hydrogens is 404 g/mol. The van der Waals surface area contributed by atoms with Gasteiger partial charge in [0, 0.05) is 52.4 Å². The van der Waals surface area contributed by atoms with Crippen LogP contribution in [0.3, 0.4) is 0 Å². The number of nitrogens with one attached hydrogen (secondary N) is 3. The molecule has 0 aliphatic carbocycles. The molecule has 1 aromatic carbocycles. The van der Waals surface area contributed by atoms with E-state index in [9.17, 15) is 10.1 Å². The minimum Gasteiger partial charge on any atom is -0.481 e. The quantitative estimate of drug-likeness (QED) is 0.471. The van der Waals surface area contributed by atoms with Crippen LogP contribution in [-0.2, 0) is 0 Å². The van der Waals surface area contributed by atoms with Crippen LogP contribution in [0.15, 0.2) is 49.2 Å². The van der Waals surface area contributed by atoms with Gasteiger partial charge in [0.25, 0.3) is 5.91 Å². The molecule has 0 fully saturated rings. The average Bonchev–Trinajstić information content (AvgIpc) is 2.78. The molecule has 0 aliphatic heterocycles. The number of methoxy groups -OCH3 is 1. The Morgan fingerprint density at radius 3 is 2.69 bits per heavy atom. The third-order valence-electron chi connectivity index (χ3n) is 4.61. The summed E-state index contributed by atoms with van der Waals surface area (Å²) in [5.74, 6) is 0.0727. The molecule has 8 heteroatoms. The number of carbonyl (C=O) groups is 1. The Balaban J connectivity index is 1.94.